The number of carbonyl (C=O) groups is 1. The number of benzene rings is 1. The summed E-state index contributed by atoms with van der Waals surface area (Å²) >= 11 is 3.34. The topological polar surface area (TPSA) is 67.9 Å². The van der Waals surface area contributed by atoms with E-state index in [0.29, 0.717) is 17.0 Å². The lowest BCUT2D eigenvalue weighted by atomic mass is 10.2. The minimum Gasteiger partial charge on any atom is -0.451 e. The van der Waals surface area contributed by atoms with E-state index in [9.17, 15) is 9.18 Å². The van der Waals surface area contributed by atoms with Gasteiger partial charge in [0.05, 0.1) is 5.52 Å². The number of fused-ring (bicyclic) bond motifs is 1. The highest BCUT2D eigenvalue weighted by Gasteiger charge is 2.15. The number of rotatable bonds is 4. The molecular formula is C17H13BrFN3O2. The van der Waals surface area contributed by atoms with Crippen molar-refractivity contribution < 1.29 is 13.9 Å². The van der Waals surface area contributed by atoms with Crippen LogP contribution in [0.5, 0.6) is 0 Å². The third-order valence-corrected chi connectivity index (χ3v) is 3.72. The number of nitrogens with zero attached hydrogens (tertiary/aromatic N) is 2. The molecule has 0 aliphatic carbocycles. The van der Waals surface area contributed by atoms with Gasteiger partial charge in [-0.15, -0.1) is 0 Å². The molecule has 0 saturated carbocycles. The fourth-order valence-electron chi connectivity index (χ4n) is 2.09. The quantitative estimate of drug-likeness (QED) is 0.536. The van der Waals surface area contributed by atoms with Gasteiger partial charge in [-0.05, 0) is 52.7 Å². The second-order valence-electron chi connectivity index (χ2n) is 5.11. The molecule has 0 radical (unpaired) electrons. The fraction of sp³-hybridized carbons (Fsp3) is 0.118. The lowest BCUT2D eigenvalue weighted by Crippen LogP contribution is -2.07. The van der Waals surface area contributed by atoms with Crippen molar-refractivity contribution in [3.05, 3.63) is 64.3 Å². The molecule has 0 aliphatic rings. The zero-order chi connectivity index (χ0) is 17.1. The maximum atomic E-state index is 12.8. The van der Waals surface area contributed by atoms with Crippen LogP contribution in [0.25, 0.3) is 17.2 Å². The third-order valence-electron chi connectivity index (χ3n) is 3.28. The summed E-state index contributed by atoms with van der Waals surface area (Å²) in [7, 11) is 0. The Morgan fingerprint density at radius 1 is 1.38 bits per heavy atom. The van der Waals surface area contributed by atoms with Crippen LogP contribution in [0.2, 0.25) is 0 Å². The van der Waals surface area contributed by atoms with Crippen LogP contribution < -0.4 is 0 Å². The first-order chi connectivity index (χ1) is 11.5. The second-order valence-corrected chi connectivity index (χ2v) is 6.03. The number of ether oxygens (including phenoxy) is 1. The number of pyridine rings is 1. The van der Waals surface area contributed by atoms with Crippen LogP contribution in [0.3, 0.4) is 0 Å². The molecule has 0 bridgehead atoms. The maximum Gasteiger partial charge on any atom is 0.331 e. The summed E-state index contributed by atoms with van der Waals surface area (Å²) in [4.78, 5) is 23.4. The number of H-pyrrole nitrogens is 1. The number of hydrogen-bond donors (Lipinski definition) is 1. The van der Waals surface area contributed by atoms with E-state index in [1.165, 1.54) is 18.2 Å². The van der Waals surface area contributed by atoms with Crippen LogP contribution in [0.15, 0.2) is 47.1 Å². The molecule has 3 rings (SSSR count). The van der Waals surface area contributed by atoms with Gasteiger partial charge in [0.25, 0.3) is 0 Å². The van der Waals surface area contributed by atoms with Crippen molar-refractivity contribution in [1.29, 1.82) is 0 Å². The minimum absolute atomic E-state index is 0.325. The Kier molecular flexibility index (Phi) is 4.71. The van der Waals surface area contributed by atoms with Gasteiger partial charge >= 0.3 is 5.97 Å². The predicted octanol–water partition coefficient (Wildman–Crippen LogP) is 4.18. The van der Waals surface area contributed by atoms with Gasteiger partial charge in [0, 0.05) is 16.7 Å². The Bertz CT molecular complexity index is 906. The van der Waals surface area contributed by atoms with E-state index in [2.05, 4.69) is 30.9 Å². The molecule has 122 valence electrons. The summed E-state index contributed by atoms with van der Waals surface area (Å²) in [5.41, 5.74) is 2.01. The van der Waals surface area contributed by atoms with Crippen molar-refractivity contribution in [1.82, 2.24) is 15.0 Å². The second kappa shape index (κ2) is 6.92. The molecule has 0 saturated heterocycles. The number of imidazole rings is 1. The first kappa shape index (κ1) is 16.3. The summed E-state index contributed by atoms with van der Waals surface area (Å²) in [6.07, 6.45) is 3.95. The molecule has 1 atom stereocenters. The van der Waals surface area contributed by atoms with Crippen LogP contribution in [-0.4, -0.2) is 20.9 Å². The van der Waals surface area contributed by atoms with Gasteiger partial charge in [-0.2, -0.15) is 0 Å². The number of nitrogens with one attached hydrogen (secondary N) is 1. The van der Waals surface area contributed by atoms with E-state index in [-0.39, 0.29) is 5.82 Å². The average molecular weight is 390 g/mol. The van der Waals surface area contributed by atoms with Crippen LogP contribution in [0.4, 0.5) is 4.39 Å². The Balaban J connectivity index is 1.67. The summed E-state index contributed by atoms with van der Waals surface area (Å²) in [5, 5.41) is 0. The number of aromatic nitrogens is 3. The van der Waals surface area contributed by atoms with Crippen molar-refractivity contribution in [2.24, 2.45) is 0 Å². The van der Waals surface area contributed by atoms with Crippen LogP contribution in [-0.2, 0) is 9.53 Å². The normalized spacial score (nSPS) is 12.6. The Labute approximate surface area is 145 Å². The summed E-state index contributed by atoms with van der Waals surface area (Å²) < 4.78 is 19.0. The van der Waals surface area contributed by atoms with E-state index in [0.717, 1.165) is 9.99 Å². The summed E-state index contributed by atoms with van der Waals surface area (Å²) in [6, 6.07) is 7.65. The smallest absolute Gasteiger partial charge is 0.331 e. The lowest BCUT2D eigenvalue weighted by Gasteiger charge is -2.08. The third kappa shape index (κ3) is 3.86. The molecule has 1 N–H and O–H groups in total. The Morgan fingerprint density at radius 3 is 2.88 bits per heavy atom. The SMILES string of the molecule is CC(OC(=O)/C=C/c1ccc(F)cc1)c1nc2ncc(Br)cc2[nH]1. The monoisotopic (exact) mass is 389 g/mol. The number of carbonyl (C=O) groups excluding carboxylic acids is 1. The number of esters is 1. The zero-order valence-corrected chi connectivity index (χ0v) is 14.2. The highest BCUT2D eigenvalue weighted by atomic mass is 79.9. The van der Waals surface area contributed by atoms with Crippen LogP contribution >= 0.6 is 15.9 Å². The Morgan fingerprint density at radius 2 is 2.12 bits per heavy atom. The lowest BCUT2D eigenvalue weighted by molar-refractivity contribution is -0.142. The van der Waals surface area contributed by atoms with E-state index >= 15 is 0 Å². The summed E-state index contributed by atoms with van der Waals surface area (Å²) in [5.74, 6) is -0.325. The molecule has 2 aromatic heterocycles. The van der Waals surface area contributed by atoms with Gasteiger partial charge in [-0.25, -0.2) is 19.2 Å². The van der Waals surface area contributed by atoms with Gasteiger partial charge in [0.1, 0.15) is 11.6 Å². The molecule has 1 unspecified atom stereocenters. The Hall–Kier alpha value is -2.54. The van der Waals surface area contributed by atoms with Crippen molar-refractivity contribution in [3.8, 4) is 0 Å². The predicted molar refractivity (Wildman–Crippen MR) is 91.5 cm³/mol. The highest BCUT2D eigenvalue weighted by molar-refractivity contribution is 9.10. The molecule has 2 heterocycles. The van der Waals surface area contributed by atoms with E-state index in [1.807, 2.05) is 6.07 Å². The highest BCUT2D eigenvalue weighted by Crippen LogP contribution is 2.20. The van der Waals surface area contributed by atoms with Gasteiger partial charge in [-0.3, -0.25) is 0 Å². The maximum absolute atomic E-state index is 12.8. The van der Waals surface area contributed by atoms with Crippen LogP contribution in [0.1, 0.15) is 24.4 Å². The van der Waals surface area contributed by atoms with Gasteiger partial charge < -0.3 is 9.72 Å². The van der Waals surface area contributed by atoms with E-state index in [1.54, 1.807) is 31.3 Å². The standard InChI is InChI=1S/C17H13BrFN3O2/c1-10(16-21-14-8-12(18)9-20-17(14)22-16)24-15(23)7-4-11-2-5-13(19)6-3-11/h2-10H,1H3,(H,20,21,22)/b7-4+. The summed E-state index contributed by atoms with van der Waals surface area (Å²) in [6.45, 7) is 1.72. The van der Waals surface area contributed by atoms with Gasteiger partial charge in [0.15, 0.2) is 11.8 Å². The molecular weight excluding hydrogens is 377 g/mol. The molecule has 3 aromatic rings. The molecule has 0 aliphatic heterocycles. The molecule has 1 aromatic carbocycles. The first-order valence-electron chi connectivity index (χ1n) is 7.17. The van der Waals surface area contributed by atoms with Gasteiger partial charge in [0.2, 0.25) is 0 Å². The largest absolute Gasteiger partial charge is 0.451 e. The van der Waals surface area contributed by atoms with Crippen molar-refractivity contribution in [2.45, 2.75) is 13.0 Å². The average Bonchev–Trinajstić information content (AvgIpc) is 2.97. The van der Waals surface area contributed by atoms with Crippen molar-refractivity contribution >= 4 is 39.1 Å². The molecule has 5 nitrogen and oxygen atoms in total. The van der Waals surface area contributed by atoms with E-state index < -0.39 is 12.1 Å². The number of aromatic amines is 1. The molecule has 24 heavy (non-hydrogen) atoms. The first-order valence-corrected chi connectivity index (χ1v) is 7.96. The molecule has 0 amide bonds. The van der Waals surface area contributed by atoms with Gasteiger partial charge in [-0.1, -0.05) is 12.1 Å². The molecule has 7 heteroatoms. The van der Waals surface area contributed by atoms with Crippen molar-refractivity contribution in [3.63, 3.8) is 0 Å². The minimum atomic E-state index is -0.552. The molecule has 0 fully saturated rings. The van der Waals surface area contributed by atoms with Crippen molar-refractivity contribution in [2.75, 3.05) is 0 Å². The number of hydrogen-bond acceptors (Lipinski definition) is 4. The fourth-order valence-corrected chi connectivity index (χ4v) is 2.42. The van der Waals surface area contributed by atoms with Crippen LogP contribution in [0, 0.1) is 5.82 Å². The van der Waals surface area contributed by atoms with E-state index in [4.69, 9.17) is 4.74 Å². The number of halogens is 2. The molecule has 0 spiro atoms. The zero-order valence-electron chi connectivity index (χ0n) is 12.7.